The summed E-state index contributed by atoms with van der Waals surface area (Å²) >= 11 is 1.40. The summed E-state index contributed by atoms with van der Waals surface area (Å²) < 4.78 is 5.25. The smallest absolute Gasteiger partial charge is 0.253 e. The Hall–Kier alpha value is -1.95. The average molecular weight is 263 g/mol. The second-order valence-corrected chi connectivity index (χ2v) is 4.54. The molecular formula is C12H13N3O2S. The molecule has 0 radical (unpaired) electrons. The van der Waals surface area contributed by atoms with E-state index in [4.69, 9.17) is 10.5 Å². The van der Waals surface area contributed by atoms with Crippen LogP contribution >= 0.6 is 11.8 Å². The first kappa shape index (κ1) is 12.5. The normalized spacial score (nSPS) is 10.3. The number of nitrogens with two attached hydrogens (primary N) is 1. The molecule has 0 fully saturated rings. The minimum absolute atomic E-state index is 0.223. The number of nitrogens with zero attached hydrogens (tertiary/aromatic N) is 1. The van der Waals surface area contributed by atoms with E-state index in [0.717, 1.165) is 11.3 Å². The minimum atomic E-state index is -0.245. The molecule has 18 heavy (non-hydrogen) atoms. The van der Waals surface area contributed by atoms with Crippen LogP contribution in [0.5, 0.6) is 5.75 Å². The summed E-state index contributed by atoms with van der Waals surface area (Å²) in [7, 11) is 1.63. The van der Waals surface area contributed by atoms with Gasteiger partial charge in [0.2, 0.25) is 0 Å². The molecule has 1 heterocycles. The molecule has 0 saturated heterocycles. The fraction of sp³-hybridized carbons (Fsp3) is 0.167. The minimum Gasteiger partial charge on any atom is -0.496 e. The summed E-state index contributed by atoms with van der Waals surface area (Å²) in [5, 5.41) is 0.505. The van der Waals surface area contributed by atoms with Crippen molar-refractivity contribution in [3.8, 4) is 5.75 Å². The SMILES string of the molecule is COc1ccccc1CSc1nc(N)cc(=O)[nH]1. The number of aromatic nitrogens is 2. The third kappa shape index (κ3) is 3.04. The van der Waals surface area contributed by atoms with Gasteiger partial charge in [-0.25, -0.2) is 4.98 Å². The topological polar surface area (TPSA) is 81.0 Å². The number of H-pyrrole nitrogens is 1. The van der Waals surface area contributed by atoms with E-state index in [1.54, 1.807) is 7.11 Å². The number of aromatic amines is 1. The van der Waals surface area contributed by atoms with Crippen LogP contribution in [0.1, 0.15) is 5.56 Å². The fourth-order valence-corrected chi connectivity index (χ4v) is 2.36. The van der Waals surface area contributed by atoms with Crippen molar-refractivity contribution in [1.82, 2.24) is 9.97 Å². The largest absolute Gasteiger partial charge is 0.496 e. The lowest BCUT2D eigenvalue weighted by Crippen LogP contribution is -2.09. The Morgan fingerprint density at radius 3 is 2.94 bits per heavy atom. The number of benzene rings is 1. The van der Waals surface area contributed by atoms with E-state index in [2.05, 4.69) is 9.97 Å². The molecule has 94 valence electrons. The molecule has 5 nitrogen and oxygen atoms in total. The van der Waals surface area contributed by atoms with Crippen molar-refractivity contribution >= 4 is 17.6 Å². The van der Waals surface area contributed by atoms with Crippen molar-refractivity contribution in [1.29, 1.82) is 0 Å². The predicted molar refractivity (Wildman–Crippen MR) is 71.8 cm³/mol. The number of thioether (sulfide) groups is 1. The third-order valence-corrected chi connectivity index (χ3v) is 3.22. The summed E-state index contributed by atoms with van der Waals surface area (Å²) in [6.07, 6.45) is 0. The zero-order valence-corrected chi connectivity index (χ0v) is 10.7. The number of methoxy groups -OCH3 is 1. The maximum atomic E-state index is 11.2. The number of rotatable bonds is 4. The molecule has 1 aromatic heterocycles. The first-order valence-electron chi connectivity index (χ1n) is 5.30. The second-order valence-electron chi connectivity index (χ2n) is 3.58. The van der Waals surface area contributed by atoms with Crippen molar-refractivity contribution < 1.29 is 4.74 Å². The van der Waals surface area contributed by atoms with E-state index in [9.17, 15) is 4.79 Å². The van der Waals surface area contributed by atoms with Crippen molar-refractivity contribution in [2.24, 2.45) is 0 Å². The van der Waals surface area contributed by atoms with Crippen LogP contribution in [0.15, 0.2) is 40.3 Å². The van der Waals surface area contributed by atoms with Crippen molar-refractivity contribution in [2.45, 2.75) is 10.9 Å². The summed E-state index contributed by atoms with van der Waals surface area (Å²) in [4.78, 5) is 17.9. The molecule has 0 saturated carbocycles. The number of para-hydroxylation sites is 1. The lowest BCUT2D eigenvalue weighted by Gasteiger charge is -2.07. The van der Waals surface area contributed by atoms with Crippen LogP contribution in [-0.2, 0) is 5.75 Å². The summed E-state index contributed by atoms with van der Waals surface area (Å²) in [6, 6.07) is 8.97. The van der Waals surface area contributed by atoms with Gasteiger partial charge in [-0.05, 0) is 6.07 Å². The highest BCUT2D eigenvalue weighted by Crippen LogP contribution is 2.25. The molecule has 6 heteroatoms. The highest BCUT2D eigenvalue weighted by atomic mass is 32.2. The van der Waals surface area contributed by atoms with Crippen molar-refractivity contribution in [2.75, 3.05) is 12.8 Å². The van der Waals surface area contributed by atoms with Gasteiger partial charge in [-0.1, -0.05) is 30.0 Å². The molecule has 0 amide bonds. The lowest BCUT2D eigenvalue weighted by atomic mass is 10.2. The Kier molecular flexibility index (Phi) is 3.88. The Balaban J connectivity index is 2.13. The molecule has 0 aliphatic rings. The number of hydrogen-bond donors (Lipinski definition) is 2. The Bertz CT molecular complexity index is 598. The molecule has 0 aliphatic carbocycles. The summed E-state index contributed by atoms with van der Waals surface area (Å²) in [5.41, 5.74) is 6.31. The fourth-order valence-electron chi connectivity index (χ4n) is 1.49. The molecule has 2 rings (SSSR count). The number of anilines is 1. The first-order valence-corrected chi connectivity index (χ1v) is 6.29. The number of hydrogen-bond acceptors (Lipinski definition) is 5. The van der Waals surface area contributed by atoms with Gasteiger partial charge in [0.25, 0.3) is 5.56 Å². The molecular weight excluding hydrogens is 250 g/mol. The zero-order chi connectivity index (χ0) is 13.0. The van der Waals surface area contributed by atoms with E-state index in [1.807, 2.05) is 24.3 Å². The van der Waals surface area contributed by atoms with Gasteiger partial charge in [0.05, 0.1) is 7.11 Å². The summed E-state index contributed by atoms with van der Waals surface area (Å²) in [6.45, 7) is 0. The maximum absolute atomic E-state index is 11.2. The Morgan fingerprint density at radius 1 is 1.44 bits per heavy atom. The van der Waals surface area contributed by atoms with E-state index >= 15 is 0 Å². The average Bonchev–Trinajstić information content (AvgIpc) is 2.35. The number of ether oxygens (including phenoxy) is 1. The molecule has 0 spiro atoms. The van der Waals surface area contributed by atoms with E-state index < -0.39 is 0 Å². The lowest BCUT2D eigenvalue weighted by molar-refractivity contribution is 0.411. The zero-order valence-electron chi connectivity index (χ0n) is 9.84. The monoisotopic (exact) mass is 263 g/mol. The quantitative estimate of drug-likeness (QED) is 0.647. The standard InChI is InChI=1S/C12H13N3O2S/c1-17-9-5-3-2-4-8(9)7-18-12-14-10(13)6-11(16)15-12/h2-6H,7H2,1H3,(H3,13,14,15,16). The highest BCUT2D eigenvalue weighted by Gasteiger charge is 2.04. The van der Waals surface area contributed by atoms with Crippen LogP contribution < -0.4 is 16.0 Å². The van der Waals surface area contributed by atoms with Gasteiger partial charge < -0.3 is 15.5 Å². The number of nitrogens with one attached hydrogen (secondary N) is 1. The van der Waals surface area contributed by atoms with Gasteiger partial charge in [-0.2, -0.15) is 0 Å². The Morgan fingerprint density at radius 2 is 2.22 bits per heavy atom. The van der Waals surface area contributed by atoms with Crippen LogP contribution in [0.4, 0.5) is 5.82 Å². The number of nitrogen functional groups attached to an aromatic ring is 1. The molecule has 2 aromatic rings. The van der Waals surface area contributed by atoms with Gasteiger partial charge in [-0.15, -0.1) is 0 Å². The third-order valence-electron chi connectivity index (χ3n) is 2.30. The van der Waals surface area contributed by atoms with Gasteiger partial charge in [-0.3, -0.25) is 4.79 Å². The second kappa shape index (κ2) is 5.59. The molecule has 0 atom stereocenters. The van der Waals surface area contributed by atoms with Crippen LogP contribution in [0.25, 0.3) is 0 Å². The highest BCUT2D eigenvalue weighted by molar-refractivity contribution is 7.98. The van der Waals surface area contributed by atoms with Crippen molar-refractivity contribution in [3.63, 3.8) is 0 Å². The predicted octanol–water partition coefficient (Wildman–Crippen LogP) is 1.65. The maximum Gasteiger partial charge on any atom is 0.253 e. The van der Waals surface area contributed by atoms with Crippen molar-refractivity contribution in [3.05, 3.63) is 46.2 Å². The van der Waals surface area contributed by atoms with E-state index in [-0.39, 0.29) is 11.4 Å². The molecule has 0 bridgehead atoms. The van der Waals surface area contributed by atoms with Gasteiger partial charge >= 0.3 is 0 Å². The van der Waals surface area contributed by atoms with Gasteiger partial charge in [0.15, 0.2) is 5.16 Å². The Labute approximate surface area is 108 Å². The molecule has 0 unspecified atom stereocenters. The van der Waals surface area contributed by atoms with Crippen LogP contribution in [0.3, 0.4) is 0 Å². The van der Waals surface area contributed by atoms with E-state index in [1.165, 1.54) is 17.8 Å². The van der Waals surface area contributed by atoms with Crippen LogP contribution in [0, 0.1) is 0 Å². The van der Waals surface area contributed by atoms with Crippen LogP contribution in [-0.4, -0.2) is 17.1 Å². The summed E-state index contributed by atoms with van der Waals surface area (Å²) in [5.74, 6) is 1.69. The first-order chi connectivity index (χ1) is 8.69. The van der Waals surface area contributed by atoms with Crippen LogP contribution in [0.2, 0.25) is 0 Å². The molecule has 0 aliphatic heterocycles. The van der Waals surface area contributed by atoms with Gasteiger partial charge in [0, 0.05) is 17.4 Å². The molecule has 1 aromatic carbocycles. The van der Waals surface area contributed by atoms with E-state index in [0.29, 0.717) is 10.9 Å². The van der Waals surface area contributed by atoms with Gasteiger partial charge in [0.1, 0.15) is 11.6 Å². The molecule has 3 N–H and O–H groups in total.